The minimum absolute atomic E-state index is 0.000930. The number of aromatic nitrogens is 2. The summed E-state index contributed by atoms with van der Waals surface area (Å²) >= 11 is 0. The van der Waals surface area contributed by atoms with E-state index in [1.54, 1.807) is 9.58 Å². The zero-order valence-electron chi connectivity index (χ0n) is 17.5. The van der Waals surface area contributed by atoms with Crippen LogP contribution in [0.4, 0.5) is 17.1 Å². The fourth-order valence-corrected chi connectivity index (χ4v) is 4.00. The number of carbonyl (C=O) groups excluding carboxylic acids is 2. The lowest BCUT2D eigenvalue weighted by Gasteiger charge is -2.33. The molecule has 0 radical (unpaired) electrons. The molecular weight excluding hydrogens is 368 g/mol. The maximum absolute atomic E-state index is 13.6. The fraction of sp³-hybridized carbons (Fsp3) is 0.476. The van der Waals surface area contributed by atoms with Crippen LogP contribution in [0.5, 0.6) is 0 Å². The highest BCUT2D eigenvalue weighted by Crippen LogP contribution is 2.40. The molecule has 0 saturated carbocycles. The van der Waals surface area contributed by atoms with Crippen LogP contribution in [0.3, 0.4) is 0 Å². The molecule has 29 heavy (non-hydrogen) atoms. The molecule has 1 N–H and O–H groups in total. The van der Waals surface area contributed by atoms with Crippen LogP contribution in [-0.4, -0.2) is 71.2 Å². The van der Waals surface area contributed by atoms with Crippen LogP contribution < -0.4 is 10.2 Å². The van der Waals surface area contributed by atoms with Crippen LogP contribution in [0.15, 0.2) is 24.3 Å². The Kier molecular flexibility index (Phi) is 5.14. The summed E-state index contributed by atoms with van der Waals surface area (Å²) in [6.07, 6.45) is 0. The number of nitrogens with zero attached hydrogens (tertiary/aromatic N) is 5. The molecule has 0 aliphatic carbocycles. The van der Waals surface area contributed by atoms with Crippen molar-refractivity contribution in [2.75, 3.05) is 50.0 Å². The molecule has 0 atom stereocenters. The smallest absolute Gasteiger partial charge is 0.276 e. The molecule has 8 nitrogen and oxygen atoms in total. The first kappa shape index (κ1) is 19.6. The lowest BCUT2D eigenvalue weighted by atomic mass is 10.2. The van der Waals surface area contributed by atoms with Crippen LogP contribution in [0.25, 0.3) is 0 Å². The van der Waals surface area contributed by atoms with Crippen LogP contribution in [0, 0.1) is 6.92 Å². The molecule has 2 amide bonds. The first-order chi connectivity index (χ1) is 13.9. The zero-order chi connectivity index (χ0) is 20.7. The fourth-order valence-electron chi connectivity index (χ4n) is 4.00. The van der Waals surface area contributed by atoms with Crippen molar-refractivity contribution >= 4 is 28.9 Å². The van der Waals surface area contributed by atoms with Gasteiger partial charge in [-0.15, -0.1) is 0 Å². The number of rotatable bonds is 3. The van der Waals surface area contributed by atoms with Gasteiger partial charge < -0.3 is 10.2 Å². The van der Waals surface area contributed by atoms with Gasteiger partial charge in [0.05, 0.1) is 23.6 Å². The molecular formula is C21H28N6O2. The molecule has 0 unspecified atom stereocenters. The third kappa shape index (κ3) is 3.54. The van der Waals surface area contributed by atoms with Gasteiger partial charge in [-0.3, -0.25) is 24.1 Å². The monoisotopic (exact) mass is 396 g/mol. The first-order valence-electron chi connectivity index (χ1n) is 10.1. The Hall–Kier alpha value is -2.71. The van der Waals surface area contributed by atoms with Gasteiger partial charge in [-0.25, -0.2) is 0 Å². The summed E-state index contributed by atoms with van der Waals surface area (Å²) in [4.78, 5) is 32.8. The number of hydrogen-bond donors (Lipinski definition) is 1. The Labute approximate surface area is 171 Å². The largest absolute Gasteiger partial charge is 0.319 e. The number of piperazine rings is 1. The highest BCUT2D eigenvalue weighted by Gasteiger charge is 2.35. The molecule has 2 aliphatic heterocycles. The Morgan fingerprint density at radius 1 is 1.17 bits per heavy atom. The van der Waals surface area contributed by atoms with E-state index in [-0.39, 0.29) is 17.9 Å². The number of fused-ring (bicyclic) bond motifs is 2. The molecule has 1 aromatic heterocycles. The molecule has 2 aliphatic rings. The number of para-hydroxylation sites is 2. The number of benzene rings is 1. The van der Waals surface area contributed by atoms with Gasteiger partial charge in [0.2, 0.25) is 5.91 Å². The highest BCUT2D eigenvalue weighted by atomic mass is 16.2. The zero-order valence-corrected chi connectivity index (χ0v) is 17.5. The summed E-state index contributed by atoms with van der Waals surface area (Å²) in [5.74, 6) is -0.289. The van der Waals surface area contributed by atoms with Crippen molar-refractivity contribution in [2.24, 2.45) is 0 Å². The molecule has 1 fully saturated rings. The molecule has 8 heteroatoms. The van der Waals surface area contributed by atoms with E-state index in [1.165, 1.54) is 0 Å². The van der Waals surface area contributed by atoms with Crippen molar-refractivity contribution in [3.8, 4) is 0 Å². The minimum Gasteiger partial charge on any atom is -0.319 e. The normalized spacial score (nSPS) is 17.7. The lowest BCUT2D eigenvalue weighted by molar-refractivity contribution is -0.119. The summed E-state index contributed by atoms with van der Waals surface area (Å²) in [7, 11) is 2.09. The maximum Gasteiger partial charge on any atom is 0.276 e. The van der Waals surface area contributed by atoms with E-state index in [1.807, 2.05) is 45.0 Å². The van der Waals surface area contributed by atoms with E-state index in [0.29, 0.717) is 35.0 Å². The first-order valence-corrected chi connectivity index (χ1v) is 10.1. The second-order valence-electron chi connectivity index (χ2n) is 8.10. The van der Waals surface area contributed by atoms with Gasteiger partial charge in [-0.2, -0.15) is 5.10 Å². The predicted molar refractivity (Wildman–Crippen MR) is 113 cm³/mol. The summed E-state index contributed by atoms with van der Waals surface area (Å²) < 4.78 is 1.71. The number of carbonyl (C=O) groups is 2. The molecule has 0 bridgehead atoms. The minimum atomic E-state index is -0.239. The van der Waals surface area contributed by atoms with E-state index >= 15 is 0 Å². The standard InChI is InChI=1S/C21H28N6O2/c1-14(2)27-20-19(15(3)23-27)26(17-8-6-5-7-16(17)22-21(20)29)18(28)13-25-11-9-24(4)10-12-25/h5-8,14H,9-13H2,1-4H3,(H,22,29). The summed E-state index contributed by atoms with van der Waals surface area (Å²) in [6.45, 7) is 9.72. The van der Waals surface area contributed by atoms with Crippen molar-refractivity contribution in [2.45, 2.75) is 26.8 Å². The Balaban J connectivity index is 1.79. The average Bonchev–Trinajstić information content (AvgIpc) is 2.96. The molecule has 154 valence electrons. The number of hydrogen-bond acceptors (Lipinski definition) is 5. The van der Waals surface area contributed by atoms with Crippen LogP contribution in [0.1, 0.15) is 36.1 Å². The predicted octanol–water partition coefficient (Wildman–Crippen LogP) is 2.25. The number of likely N-dealkylation sites (N-methyl/N-ethyl adjacent to an activating group) is 1. The average molecular weight is 396 g/mol. The van der Waals surface area contributed by atoms with Gasteiger partial charge >= 0.3 is 0 Å². The number of nitrogens with one attached hydrogen (secondary N) is 1. The number of aryl methyl sites for hydroxylation is 1. The quantitative estimate of drug-likeness (QED) is 0.861. The molecule has 2 aromatic rings. The molecule has 1 saturated heterocycles. The van der Waals surface area contributed by atoms with Crippen LogP contribution in [-0.2, 0) is 4.79 Å². The van der Waals surface area contributed by atoms with Crippen molar-refractivity contribution < 1.29 is 9.59 Å². The summed E-state index contributed by atoms with van der Waals surface area (Å²) in [5.41, 5.74) is 3.01. The van der Waals surface area contributed by atoms with Gasteiger partial charge in [-0.05, 0) is 40.0 Å². The third-order valence-corrected chi connectivity index (χ3v) is 5.58. The molecule has 1 aromatic carbocycles. The SMILES string of the molecule is Cc1nn(C(C)C)c2c1N(C(=O)CN1CCN(C)CC1)c1ccccc1NC2=O. The van der Waals surface area contributed by atoms with Crippen molar-refractivity contribution in [3.63, 3.8) is 0 Å². The van der Waals surface area contributed by atoms with Gasteiger partial charge in [0.15, 0.2) is 5.69 Å². The van der Waals surface area contributed by atoms with Crippen molar-refractivity contribution in [1.29, 1.82) is 0 Å². The van der Waals surface area contributed by atoms with Gasteiger partial charge in [0.25, 0.3) is 5.91 Å². The second-order valence-corrected chi connectivity index (χ2v) is 8.10. The van der Waals surface area contributed by atoms with Crippen molar-refractivity contribution in [1.82, 2.24) is 19.6 Å². The van der Waals surface area contributed by atoms with E-state index in [0.717, 1.165) is 26.2 Å². The van der Waals surface area contributed by atoms with E-state index in [4.69, 9.17) is 0 Å². The van der Waals surface area contributed by atoms with E-state index < -0.39 is 0 Å². The third-order valence-electron chi connectivity index (χ3n) is 5.58. The Morgan fingerprint density at radius 3 is 2.55 bits per heavy atom. The van der Waals surface area contributed by atoms with Crippen molar-refractivity contribution in [3.05, 3.63) is 35.7 Å². The second kappa shape index (κ2) is 7.61. The van der Waals surface area contributed by atoms with Gasteiger partial charge in [0, 0.05) is 32.2 Å². The molecule has 4 rings (SSSR count). The maximum atomic E-state index is 13.6. The van der Waals surface area contributed by atoms with Crippen LogP contribution >= 0.6 is 0 Å². The molecule has 3 heterocycles. The van der Waals surface area contributed by atoms with Crippen LogP contribution in [0.2, 0.25) is 0 Å². The number of amides is 2. The van der Waals surface area contributed by atoms with Gasteiger partial charge in [0.1, 0.15) is 5.69 Å². The highest BCUT2D eigenvalue weighted by molar-refractivity contribution is 6.17. The Bertz CT molecular complexity index is 943. The Morgan fingerprint density at radius 2 is 1.86 bits per heavy atom. The lowest BCUT2D eigenvalue weighted by Crippen LogP contribution is -2.48. The molecule has 0 spiro atoms. The van der Waals surface area contributed by atoms with E-state index in [9.17, 15) is 9.59 Å². The number of anilines is 3. The topological polar surface area (TPSA) is 73.7 Å². The summed E-state index contributed by atoms with van der Waals surface area (Å²) in [5, 5.41) is 7.56. The van der Waals surface area contributed by atoms with Gasteiger partial charge in [-0.1, -0.05) is 12.1 Å². The van der Waals surface area contributed by atoms with E-state index in [2.05, 4.69) is 27.3 Å². The summed E-state index contributed by atoms with van der Waals surface area (Å²) in [6, 6.07) is 7.45.